The summed E-state index contributed by atoms with van der Waals surface area (Å²) in [6, 6.07) is 7.38. The lowest BCUT2D eigenvalue weighted by molar-refractivity contribution is -0.142. The first-order valence-corrected chi connectivity index (χ1v) is 7.01. The second-order valence-electron chi connectivity index (χ2n) is 6.06. The highest BCUT2D eigenvalue weighted by Gasteiger charge is 2.34. The number of rotatable bonds is 1. The van der Waals surface area contributed by atoms with Gasteiger partial charge in [0, 0.05) is 6.54 Å². The summed E-state index contributed by atoms with van der Waals surface area (Å²) in [6.07, 6.45) is 0.140. The molecule has 0 unspecified atom stereocenters. The van der Waals surface area contributed by atoms with E-state index in [1.54, 1.807) is 4.90 Å². The van der Waals surface area contributed by atoms with E-state index in [1.165, 1.54) is 7.11 Å². The molecular formula is C16H21NO4. The van der Waals surface area contributed by atoms with Crippen molar-refractivity contribution in [2.45, 2.75) is 38.7 Å². The van der Waals surface area contributed by atoms with E-state index in [0.29, 0.717) is 18.7 Å². The van der Waals surface area contributed by atoms with E-state index in [0.717, 1.165) is 5.56 Å². The number of methoxy groups -OCH3 is 1. The Morgan fingerprint density at radius 1 is 1.24 bits per heavy atom. The predicted octanol–water partition coefficient (Wildman–Crippen LogP) is 3.09. The first-order valence-electron chi connectivity index (χ1n) is 7.01. The van der Waals surface area contributed by atoms with Crippen molar-refractivity contribution in [2.24, 2.45) is 0 Å². The monoisotopic (exact) mass is 291 g/mol. The van der Waals surface area contributed by atoms with Crippen molar-refractivity contribution in [1.29, 1.82) is 0 Å². The van der Waals surface area contributed by atoms with Crippen LogP contribution in [0.15, 0.2) is 24.3 Å². The van der Waals surface area contributed by atoms with Crippen LogP contribution in [-0.4, -0.2) is 31.3 Å². The maximum atomic E-state index is 12.3. The highest BCUT2D eigenvalue weighted by atomic mass is 16.6. The molecule has 1 aromatic rings. The SMILES string of the molecule is COC(=O)[C@@H]1CCN(C(=O)OC(C)(C)C)c2ccccc21. The first-order chi connectivity index (χ1) is 9.83. The molecule has 1 aliphatic rings. The van der Waals surface area contributed by atoms with Gasteiger partial charge in [-0.25, -0.2) is 4.79 Å². The molecule has 1 aromatic carbocycles. The van der Waals surface area contributed by atoms with Crippen LogP contribution in [0.2, 0.25) is 0 Å². The van der Waals surface area contributed by atoms with E-state index >= 15 is 0 Å². The lowest BCUT2D eigenvalue weighted by Gasteiger charge is -2.34. The number of esters is 1. The summed E-state index contributed by atoms with van der Waals surface area (Å²) in [6.45, 7) is 5.93. The third-order valence-electron chi connectivity index (χ3n) is 3.34. The molecule has 0 fully saturated rings. The van der Waals surface area contributed by atoms with Crippen LogP contribution in [0.4, 0.5) is 10.5 Å². The zero-order chi connectivity index (χ0) is 15.6. The molecule has 0 aromatic heterocycles. The van der Waals surface area contributed by atoms with Gasteiger partial charge in [-0.1, -0.05) is 18.2 Å². The maximum Gasteiger partial charge on any atom is 0.414 e. The Hall–Kier alpha value is -2.04. The lowest BCUT2D eigenvalue weighted by atomic mass is 9.90. The summed E-state index contributed by atoms with van der Waals surface area (Å²) in [7, 11) is 1.38. The van der Waals surface area contributed by atoms with Gasteiger partial charge in [0.05, 0.1) is 18.7 Å². The highest BCUT2D eigenvalue weighted by Crippen LogP contribution is 2.36. The minimum atomic E-state index is -0.550. The number of carbonyl (C=O) groups is 2. The molecule has 5 nitrogen and oxygen atoms in total. The fraction of sp³-hybridized carbons (Fsp3) is 0.500. The van der Waals surface area contributed by atoms with E-state index in [1.807, 2.05) is 45.0 Å². The first kappa shape index (κ1) is 15.4. The molecule has 1 aliphatic heterocycles. The second-order valence-corrected chi connectivity index (χ2v) is 6.06. The van der Waals surface area contributed by atoms with Crippen molar-refractivity contribution in [1.82, 2.24) is 0 Å². The molecule has 21 heavy (non-hydrogen) atoms. The highest BCUT2D eigenvalue weighted by molar-refractivity contribution is 5.92. The van der Waals surface area contributed by atoms with E-state index in [2.05, 4.69) is 0 Å². The lowest BCUT2D eigenvalue weighted by Crippen LogP contribution is -2.41. The third-order valence-corrected chi connectivity index (χ3v) is 3.34. The van der Waals surface area contributed by atoms with Crippen molar-refractivity contribution >= 4 is 17.7 Å². The summed E-state index contributed by atoms with van der Waals surface area (Å²) in [5.41, 5.74) is 0.973. The van der Waals surface area contributed by atoms with Gasteiger partial charge in [-0.2, -0.15) is 0 Å². The van der Waals surface area contributed by atoms with Crippen LogP contribution in [0.3, 0.4) is 0 Å². The number of anilines is 1. The van der Waals surface area contributed by atoms with Gasteiger partial charge in [-0.05, 0) is 38.8 Å². The van der Waals surface area contributed by atoms with Gasteiger partial charge in [0.15, 0.2) is 0 Å². The molecule has 0 saturated heterocycles. The normalized spacial score (nSPS) is 17.9. The van der Waals surface area contributed by atoms with Crippen LogP contribution in [0.25, 0.3) is 0 Å². The van der Waals surface area contributed by atoms with Crippen molar-refractivity contribution in [3.63, 3.8) is 0 Å². The number of para-hydroxylation sites is 1. The minimum absolute atomic E-state index is 0.272. The van der Waals surface area contributed by atoms with Gasteiger partial charge in [0.2, 0.25) is 0 Å². The Labute approximate surface area is 124 Å². The molecule has 1 amide bonds. The second kappa shape index (κ2) is 5.76. The number of ether oxygens (including phenoxy) is 2. The number of nitrogens with zero attached hydrogens (tertiary/aromatic N) is 1. The van der Waals surface area contributed by atoms with E-state index in [-0.39, 0.29) is 11.9 Å². The number of hydrogen-bond acceptors (Lipinski definition) is 4. The Balaban J connectivity index is 2.31. The summed E-state index contributed by atoms with van der Waals surface area (Å²) < 4.78 is 10.3. The molecule has 5 heteroatoms. The average molecular weight is 291 g/mol. The number of carbonyl (C=O) groups excluding carboxylic acids is 2. The van der Waals surface area contributed by atoms with Gasteiger partial charge in [0.25, 0.3) is 0 Å². The molecule has 2 rings (SSSR count). The van der Waals surface area contributed by atoms with Gasteiger partial charge in [-0.3, -0.25) is 9.69 Å². The summed E-state index contributed by atoms with van der Waals surface area (Å²) in [5, 5.41) is 0. The van der Waals surface area contributed by atoms with Crippen molar-refractivity contribution < 1.29 is 19.1 Å². The zero-order valence-corrected chi connectivity index (χ0v) is 12.9. The van der Waals surface area contributed by atoms with Crippen molar-refractivity contribution in [3.05, 3.63) is 29.8 Å². The van der Waals surface area contributed by atoms with Crippen molar-refractivity contribution in [2.75, 3.05) is 18.6 Å². The zero-order valence-electron chi connectivity index (χ0n) is 12.9. The topological polar surface area (TPSA) is 55.8 Å². The Morgan fingerprint density at radius 3 is 2.52 bits per heavy atom. The van der Waals surface area contributed by atoms with Gasteiger partial charge >= 0.3 is 12.1 Å². The molecular weight excluding hydrogens is 270 g/mol. The molecule has 0 spiro atoms. The summed E-state index contributed by atoms with van der Waals surface area (Å²) >= 11 is 0. The van der Waals surface area contributed by atoms with Crippen LogP contribution in [-0.2, 0) is 14.3 Å². The molecule has 1 atom stereocenters. The fourth-order valence-corrected chi connectivity index (χ4v) is 2.46. The molecule has 0 saturated carbocycles. The largest absolute Gasteiger partial charge is 0.469 e. The van der Waals surface area contributed by atoms with Crippen LogP contribution in [0.5, 0.6) is 0 Å². The molecule has 0 bridgehead atoms. The number of benzene rings is 1. The van der Waals surface area contributed by atoms with Gasteiger partial charge < -0.3 is 9.47 Å². The fourth-order valence-electron chi connectivity index (χ4n) is 2.46. The van der Waals surface area contributed by atoms with Crippen LogP contribution in [0.1, 0.15) is 38.7 Å². The van der Waals surface area contributed by atoms with Gasteiger partial charge in [0.1, 0.15) is 5.60 Å². The number of amides is 1. The average Bonchev–Trinajstić information content (AvgIpc) is 2.43. The Morgan fingerprint density at radius 2 is 1.90 bits per heavy atom. The number of fused-ring (bicyclic) bond motifs is 1. The van der Waals surface area contributed by atoms with Crippen molar-refractivity contribution in [3.8, 4) is 0 Å². The van der Waals surface area contributed by atoms with E-state index < -0.39 is 11.7 Å². The van der Waals surface area contributed by atoms with Crippen LogP contribution in [0, 0.1) is 0 Å². The molecule has 0 aliphatic carbocycles. The molecule has 0 radical (unpaired) electrons. The van der Waals surface area contributed by atoms with Gasteiger partial charge in [-0.15, -0.1) is 0 Å². The number of hydrogen-bond donors (Lipinski definition) is 0. The standard InChI is InChI=1S/C16H21NO4/c1-16(2,3)21-15(19)17-10-9-12(14(18)20-4)11-7-5-6-8-13(11)17/h5-8,12H,9-10H2,1-4H3/t12-/m1/s1. The van der Waals surface area contributed by atoms with Crippen LogP contribution >= 0.6 is 0 Å². The van der Waals surface area contributed by atoms with E-state index in [9.17, 15) is 9.59 Å². The maximum absolute atomic E-state index is 12.3. The smallest absolute Gasteiger partial charge is 0.414 e. The quantitative estimate of drug-likeness (QED) is 0.746. The third kappa shape index (κ3) is 3.35. The minimum Gasteiger partial charge on any atom is -0.469 e. The Kier molecular flexibility index (Phi) is 4.21. The molecule has 1 heterocycles. The predicted molar refractivity (Wildman–Crippen MR) is 79.4 cm³/mol. The van der Waals surface area contributed by atoms with Crippen LogP contribution < -0.4 is 4.90 Å². The Bertz CT molecular complexity index is 547. The summed E-state index contributed by atoms with van der Waals surface area (Å²) in [4.78, 5) is 25.8. The molecule has 114 valence electrons. The molecule has 0 N–H and O–H groups in total. The van der Waals surface area contributed by atoms with E-state index in [4.69, 9.17) is 9.47 Å². The summed E-state index contributed by atoms with van der Waals surface area (Å²) in [5.74, 6) is -0.601.